The summed E-state index contributed by atoms with van der Waals surface area (Å²) in [6.07, 6.45) is 0. The van der Waals surface area contributed by atoms with E-state index in [1.807, 2.05) is 0 Å². The Balaban J connectivity index is 1.53. The minimum absolute atomic E-state index is 0.169. The Kier molecular flexibility index (Phi) is 6.42. The maximum absolute atomic E-state index is 13.7. The normalized spacial score (nSPS) is 14.1. The molecule has 28 heavy (non-hydrogen) atoms. The number of aryl methyl sites for hydroxylation is 1. The largest absolute Gasteiger partial charge is 0.482 e. The van der Waals surface area contributed by atoms with Gasteiger partial charge in [0.15, 0.2) is 6.61 Å². The first kappa shape index (κ1) is 20.4. The molecule has 3 rings (SSSR count). The maximum Gasteiger partial charge on any atom is 0.260 e. The van der Waals surface area contributed by atoms with E-state index in [0.717, 1.165) is 0 Å². The van der Waals surface area contributed by atoms with Gasteiger partial charge >= 0.3 is 0 Å². The van der Waals surface area contributed by atoms with Crippen molar-refractivity contribution in [1.82, 2.24) is 9.80 Å². The van der Waals surface area contributed by atoms with Crippen LogP contribution in [-0.4, -0.2) is 54.4 Å². The number of carbonyl (C=O) groups is 2. The Labute approximate surface area is 172 Å². The fraction of sp³-hybridized carbons (Fsp3) is 0.300. The number of piperazine rings is 1. The fourth-order valence-corrected chi connectivity index (χ4v) is 3.22. The van der Waals surface area contributed by atoms with Gasteiger partial charge < -0.3 is 14.5 Å². The molecule has 0 N–H and O–H groups in total. The van der Waals surface area contributed by atoms with Crippen LogP contribution >= 0.6 is 23.2 Å². The van der Waals surface area contributed by atoms with Crippen LogP contribution < -0.4 is 4.74 Å². The van der Waals surface area contributed by atoms with Gasteiger partial charge in [-0.3, -0.25) is 9.59 Å². The number of halogens is 3. The van der Waals surface area contributed by atoms with Crippen molar-refractivity contribution < 1.29 is 18.7 Å². The first-order chi connectivity index (χ1) is 13.3. The standard InChI is InChI=1S/C20H19Cl2FN2O3/c1-13-2-3-14(10-17(13)23)20(27)25-8-6-24(7-9-25)19(26)12-28-18-11-15(21)4-5-16(18)22/h2-5,10-11H,6-9,12H2,1H3. The summed E-state index contributed by atoms with van der Waals surface area (Å²) >= 11 is 11.9. The molecular formula is C20H19Cl2FN2O3. The molecule has 1 aliphatic heterocycles. The Morgan fingerprint density at radius 1 is 1.04 bits per heavy atom. The lowest BCUT2D eigenvalue weighted by molar-refractivity contribution is -0.134. The van der Waals surface area contributed by atoms with E-state index in [0.29, 0.717) is 53.1 Å². The quantitative estimate of drug-likeness (QED) is 0.749. The van der Waals surface area contributed by atoms with Gasteiger partial charge in [-0.05, 0) is 36.8 Å². The number of carbonyl (C=O) groups excluding carboxylic acids is 2. The molecule has 2 aromatic carbocycles. The summed E-state index contributed by atoms with van der Waals surface area (Å²) < 4.78 is 19.2. The van der Waals surface area contributed by atoms with Crippen LogP contribution in [0.5, 0.6) is 5.75 Å². The third kappa shape index (κ3) is 4.75. The van der Waals surface area contributed by atoms with Crippen LogP contribution in [0.1, 0.15) is 15.9 Å². The number of nitrogens with zero attached hydrogens (tertiary/aromatic N) is 2. The summed E-state index contributed by atoms with van der Waals surface area (Å²) in [5.74, 6) is -0.508. The average molecular weight is 425 g/mol. The molecule has 0 atom stereocenters. The third-order valence-electron chi connectivity index (χ3n) is 4.58. The lowest BCUT2D eigenvalue weighted by atomic mass is 10.1. The molecular weight excluding hydrogens is 406 g/mol. The second kappa shape index (κ2) is 8.80. The van der Waals surface area contributed by atoms with Gasteiger partial charge in [0.2, 0.25) is 0 Å². The topological polar surface area (TPSA) is 49.9 Å². The van der Waals surface area contributed by atoms with Gasteiger partial charge in [0.05, 0.1) is 5.02 Å². The molecule has 0 radical (unpaired) electrons. The van der Waals surface area contributed by atoms with E-state index in [1.165, 1.54) is 6.07 Å². The van der Waals surface area contributed by atoms with Crippen LogP contribution in [0.4, 0.5) is 4.39 Å². The maximum atomic E-state index is 13.7. The predicted molar refractivity (Wildman–Crippen MR) is 106 cm³/mol. The number of benzene rings is 2. The zero-order valence-electron chi connectivity index (χ0n) is 15.3. The molecule has 0 saturated carbocycles. The lowest BCUT2D eigenvalue weighted by Crippen LogP contribution is -2.51. The van der Waals surface area contributed by atoms with Gasteiger partial charge in [-0.15, -0.1) is 0 Å². The molecule has 2 amide bonds. The van der Waals surface area contributed by atoms with Crippen molar-refractivity contribution in [3.05, 3.63) is 63.4 Å². The molecule has 5 nitrogen and oxygen atoms in total. The number of rotatable bonds is 4. The molecule has 0 unspecified atom stereocenters. The molecule has 1 heterocycles. The summed E-state index contributed by atoms with van der Waals surface area (Å²) in [5.41, 5.74) is 0.800. The highest BCUT2D eigenvalue weighted by Gasteiger charge is 2.25. The highest BCUT2D eigenvalue weighted by Crippen LogP contribution is 2.27. The second-order valence-electron chi connectivity index (χ2n) is 6.50. The Hall–Kier alpha value is -2.31. The van der Waals surface area contributed by atoms with E-state index in [4.69, 9.17) is 27.9 Å². The zero-order chi connectivity index (χ0) is 20.3. The Bertz CT molecular complexity index is 899. The van der Waals surface area contributed by atoms with E-state index < -0.39 is 5.82 Å². The highest BCUT2D eigenvalue weighted by molar-refractivity contribution is 6.34. The van der Waals surface area contributed by atoms with E-state index >= 15 is 0 Å². The van der Waals surface area contributed by atoms with E-state index in [9.17, 15) is 14.0 Å². The summed E-state index contributed by atoms with van der Waals surface area (Å²) in [7, 11) is 0. The van der Waals surface area contributed by atoms with Crippen molar-refractivity contribution in [3.63, 3.8) is 0 Å². The van der Waals surface area contributed by atoms with Crippen LogP contribution in [0.3, 0.4) is 0 Å². The van der Waals surface area contributed by atoms with E-state index in [2.05, 4.69) is 0 Å². The van der Waals surface area contributed by atoms with Gasteiger partial charge in [0, 0.05) is 42.8 Å². The van der Waals surface area contributed by atoms with Gasteiger partial charge in [-0.25, -0.2) is 4.39 Å². The summed E-state index contributed by atoms with van der Waals surface area (Å²) in [5, 5.41) is 0.837. The van der Waals surface area contributed by atoms with Crippen molar-refractivity contribution in [1.29, 1.82) is 0 Å². The monoisotopic (exact) mass is 424 g/mol. The lowest BCUT2D eigenvalue weighted by Gasteiger charge is -2.34. The van der Waals surface area contributed by atoms with E-state index in [1.54, 1.807) is 47.1 Å². The average Bonchev–Trinajstić information content (AvgIpc) is 2.70. The molecule has 0 spiro atoms. The molecule has 1 aliphatic rings. The third-order valence-corrected chi connectivity index (χ3v) is 5.13. The summed E-state index contributed by atoms with van der Waals surface area (Å²) in [6, 6.07) is 9.23. The highest BCUT2D eigenvalue weighted by atomic mass is 35.5. The number of hydrogen-bond acceptors (Lipinski definition) is 3. The molecule has 0 aromatic heterocycles. The molecule has 2 aromatic rings. The minimum atomic E-state index is -0.406. The molecule has 1 saturated heterocycles. The van der Waals surface area contributed by atoms with Crippen molar-refractivity contribution in [2.24, 2.45) is 0 Å². The first-order valence-corrected chi connectivity index (χ1v) is 9.52. The van der Waals surface area contributed by atoms with Crippen molar-refractivity contribution in [2.45, 2.75) is 6.92 Å². The molecule has 0 aliphatic carbocycles. The molecule has 0 bridgehead atoms. The smallest absolute Gasteiger partial charge is 0.260 e. The minimum Gasteiger partial charge on any atom is -0.482 e. The van der Waals surface area contributed by atoms with E-state index in [-0.39, 0.29) is 18.4 Å². The van der Waals surface area contributed by atoms with Crippen molar-refractivity contribution in [2.75, 3.05) is 32.8 Å². The van der Waals surface area contributed by atoms with Gasteiger partial charge in [0.25, 0.3) is 11.8 Å². The van der Waals surface area contributed by atoms with Crippen LogP contribution in [0.25, 0.3) is 0 Å². The summed E-state index contributed by atoms with van der Waals surface area (Å²) in [6.45, 7) is 2.98. The van der Waals surface area contributed by atoms with Crippen molar-refractivity contribution in [3.8, 4) is 5.75 Å². The SMILES string of the molecule is Cc1ccc(C(=O)N2CCN(C(=O)COc3cc(Cl)ccc3Cl)CC2)cc1F. The van der Waals surface area contributed by atoms with Crippen LogP contribution in [0.15, 0.2) is 36.4 Å². The van der Waals surface area contributed by atoms with Crippen LogP contribution in [0.2, 0.25) is 10.0 Å². The number of amides is 2. The predicted octanol–water partition coefficient (Wildman–Crippen LogP) is 3.80. The number of hydrogen-bond donors (Lipinski definition) is 0. The van der Waals surface area contributed by atoms with Gasteiger partial charge in [-0.1, -0.05) is 29.3 Å². The molecule has 148 valence electrons. The Morgan fingerprint density at radius 3 is 2.39 bits per heavy atom. The summed E-state index contributed by atoms with van der Waals surface area (Å²) in [4.78, 5) is 28.1. The van der Waals surface area contributed by atoms with Crippen LogP contribution in [-0.2, 0) is 4.79 Å². The molecule has 1 fully saturated rings. The number of ether oxygens (including phenoxy) is 1. The van der Waals surface area contributed by atoms with Gasteiger partial charge in [0.1, 0.15) is 11.6 Å². The zero-order valence-corrected chi connectivity index (χ0v) is 16.8. The first-order valence-electron chi connectivity index (χ1n) is 8.76. The van der Waals surface area contributed by atoms with Gasteiger partial charge in [-0.2, -0.15) is 0 Å². The Morgan fingerprint density at radius 2 is 1.71 bits per heavy atom. The molecule has 8 heteroatoms. The second-order valence-corrected chi connectivity index (χ2v) is 7.34. The van der Waals surface area contributed by atoms with Crippen LogP contribution in [0, 0.1) is 12.7 Å². The fourth-order valence-electron chi connectivity index (χ4n) is 2.89. The van der Waals surface area contributed by atoms with Crippen molar-refractivity contribution >= 4 is 35.0 Å².